The lowest BCUT2D eigenvalue weighted by atomic mass is 9.96. The van der Waals surface area contributed by atoms with E-state index in [0.29, 0.717) is 6.54 Å². The summed E-state index contributed by atoms with van der Waals surface area (Å²) in [5, 5.41) is 8.87. The highest BCUT2D eigenvalue weighted by Crippen LogP contribution is 2.18. The number of hydrogen-bond donors (Lipinski definition) is 1. The van der Waals surface area contributed by atoms with Crippen molar-refractivity contribution in [2.75, 3.05) is 6.54 Å². The van der Waals surface area contributed by atoms with Crippen LogP contribution in [0.3, 0.4) is 0 Å². The Morgan fingerprint density at radius 1 is 1.38 bits per heavy atom. The van der Waals surface area contributed by atoms with E-state index in [-0.39, 0.29) is 5.92 Å². The fourth-order valence-corrected chi connectivity index (χ4v) is 1.27. The Hall–Kier alpha value is -1.33. The zero-order valence-electron chi connectivity index (χ0n) is 7.83. The minimum absolute atomic E-state index is 0.0504. The van der Waals surface area contributed by atoms with Gasteiger partial charge in [-0.3, -0.25) is 0 Å². The van der Waals surface area contributed by atoms with Crippen molar-refractivity contribution in [3.05, 3.63) is 35.4 Å². The third-order valence-corrected chi connectivity index (χ3v) is 2.09. The summed E-state index contributed by atoms with van der Waals surface area (Å²) in [4.78, 5) is 0. The van der Waals surface area contributed by atoms with E-state index in [9.17, 15) is 0 Å². The molecule has 0 aliphatic rings. The van der Waals surface area contributed by atoms with Crippen molar-refractivity contribution in [1.82, 2.24) is 0 Å². The molecule has 1 atom stereocenters. The molecule has 2 N–H and O–H groups in total. The fraction of sp³-hybridized carbons (Fsp3) is 0.364. The minimum atomic E-state index is -0.0504. The number of nitriles is 1. The minimum Gasteiger partial charge on any atom is -0.330 e. The zero-order chi connectivity index (χ0) is 9.68. The van der Waals surface area contributed by atoms with Crippen LogP contribution in [0, 0.1) is 18.3 Å². The second-order valence-corrected chi connectivity index (χ2v) is 3.17. The molecule has 68 valence electrons. The van der Waals surface area contributed by atoms with Crippen LogP contribution in [0.2, 0.25) is 0 Å². The van der Waals surface area contributed by atoms with E-state index >= 15 is 0 Å². The number of nitrogens with two attached hydrogens (primary N) is 1. The largest absolute Gasteiger partial charge is 0.330 e. The number of hydrogen-bond acceptors (Lipinski definition) is 2. The zero-order valence-corrected chi connectivity index (χ0v) is 7.83. The predicted octanol–water partition coefficient (Wildman–Crippen LogP) is 1.95. The number of rotatable bonds is 3. The highest BCUT2D eigenvalue weighted by molar-refractivity contribution is 5.28. The second-order valence-electron chi connectivity index (χ2n) is 3.17. The van der Waals surface area contributed by atoms with Crippen molar-refractivity contribution in [2.45, 2.75) is 19.3 Å². The van der Waals surface area contributed by atoms with E-state index in [1.165, 1.54) is 5.56 Å². The summed E-state index contributed by atoms with van der Waals surface area (Å²) in [6, 6.07) is 10.3. The standard InChI is InChI=1S/C11H14N2/c1-9-2-4-10(5-3-9)11(8-13)6-7-12/h2-5,11H,6-7,12H2,1H3. The quantitative estimate of drug-likeness (QED) is 0.761. The smallest absolute Gasteiger partial charge is 0.0724 e. The highest BCUT2D eigenvalue weighted by Gasteiger charge is 2.07. The van der Waals surface area contributed by atoms with Gasteiger partial charge in [-0.1, -0.05) is 29.8 Å². The maximum Gasteiger partial charge on any atom is 0.0724 e. The van der Waals surface area contributed by atoms with Gasteiger partial charge in [-0.2, -0.15) is 5.26 Å². The van der Waals surface area contributed by atoms with Gasteiger partial charge in [0.1, 0.15) is 0 Å². The summed E-state index contributed by atoms with van der Waals surface area (Å²) in [5.41, 5.74) is 7.71. The molecule has 0 heterocycles. The van der Waals surface area contributed by atoms with Crippen LogP contribution < -0.4 is 5.73 Å². The molecule has 2 heteroatoms. The van der Waals surface area contributed by atoms with Gasteiger partial charge < -0.3 is 5.73 Å². The molecule has 0 spiro atoms. The highest BCUT2D eigenvalue weighted by atomic mass is 14.5. The summed E-state index contributed by atoms with van der Waals surface area (Å²) >= 11 is 0. The lowest BCUT2D eigenvalue weighted by Crippen LogP contribution is -2.05. The molecule has 0 radical (unpaired) electrons. The molecule has 13 heavy (non-hydrogen) atoms. The molecule has 1 rings (SSSR count). The van der Waals surface area contributed by atoms with Gasteiger partial charge in [0.25, 0.3) is 0 Å². The third-order valence-electron chi connectivity index (χ3n) is 2.09. The van der Waals surface area contributed by atoms with Crippen molar-refractivity contribution in [3.8, 4) is 6.07 Å². The molecule has 0 saturated carbocycles. The van der Waals surface area contributed by atoms with Crippen molar-refractivity contribution < 1.29 is 0 Å². The Kier molecular flexibility index (Phi) is 3.48. The van der Waals surface area contributed by atoms with Crippen molar-refractivity contribution >= 4 is 0 Å². The Morgan fingerprint density at radius 3 is 2.46 bits per heavy atom. The summed E-state index contributed by atoms with van der Waals surface area (Å²) in [5.74, 6) is -0.0504. The average molecular weight is 174 g/mol. The summed E-state index contributed by atoms with van der Waals surface area (Å²) < 4.78 is 0. The average Bonchev–Trinajstić information content (AvgIpc) is 2.16. The van der Waals surface area contributed by atoms with Crippen LogP contribution in [0.15, 0.2) is 24.3 Å². The van der Waals surface area contributed by atoms with Crippen molar-refractivity contribution in [3.63, 3.8) is 0 Å². The Balaban J connectivity index is 2.81. The number of nitrogens with zero attached hydrogens (tertiary/aromatic N) is 1. The molecular weight excluding hydrogens is 160 g/mol. The maximum absolute atomic E-state index is 8.87. The van der Waals surface area contributed by atoms with Crippen LogP contribution in [0.5, 0.6) is 0 Å². The first kappa shape index (κ1) is 9.76. The maximum atomic E-state index is 8.87. The molecule has 1 aromatic rings. The molecule has 0 saturated heterocycles. The van der Waals surface area contributed by atoms with Crippen molar-refractivity contribution in [2.24, 2.45) is 5.73 Å². The predicted molar refractivity (Wildman–Crippen MR) is 53.2 cm³/mol. The lowest BCUT2D eigenvalue weighted by Gasteiger charge is -2.07. The molecule has 0 amide bonds. The topological polar surface area (TPSA) is 49.8 Å². The first-order chi connectivity index (χ1) is 6.27. The van der Waals surface area contributed by atoms with E-state index in [1.54, 1.807) is 0 Å². The van der Waals surface area contributed by atoms with Gasteiger partial charge in [0, 0.05) is 0 Å². The third kappa shape index (κ3) is 2.57. The van der Waals surface area contributed by atoms with E-state index in [4.69, 9.17) is 11.0 Å². The van der Waals surface area contributed by atoms with E-state index < -0.39 is 0 Å². The molecule has 0 aromatic heterocycles. The van der Waals surface area contributed by atoms with E-state index in [2.05, 4.69) is 6.07 Å². The van der Waals surface area contributed by atoms with Crippen LogP contribution in [-0.2, 0) is 0 Å². The molecule has 0 bridgehead atoms. The summed E-state index contributed by atoms with van der Waals surface area (Å²) in [6.45, 7) is 2.60. The van der Waals surface area contributed by atoms with Gasteiger partial charge in [0.15, 0.2) is 0 Å². The van der Waals surface area contributed by atoms with E-state index in [1.807, 2.05) is 31.2 Å². The fourth-order valence-electron chi connectivity index (χ4n) is 1.27. The summed E-state index contributed by atoms with van der Waals surface area (Å²) in [7, 11) is 0. The Labute approximate surface area is 79.0 Å². The second kappa shape index (κ2) is 4.64. The number of benzene rings is 1. The van der Waals surface area contributed by atoms with Gasteiger partial charge >= 0.3 is 0 Å². The Bertz CT molecular complexity index is 295. The lowest BCUT2D eigenvalue weighted by molar-refractivity contribution is 0.757. The number of aryl methyl sites for hydroxylation is 1. The molecule has 0 aliphatic carbocycles. The van der Waals surface area contributed by atoms with Gasteiger partial charge in [-0.15, -0.1) is 0 Å². The SMILES string of the molecule is Cc1ccc(C(C#N)CCN)cc1. The van der Waals surface area contributed by atoms with Crippen molar-refractivity contribution in [1.29, 1.82) is 5.26 Å². The van der Waals surface area contributed by atoms with Crippen LogP contribution in [0.25, 0.3) is 0 Å². The molecular formula is C11H14N2. The van der Waals surface area contributed by atoms with Crippen LogP contribution in [0.1, 0.15) is 23.5 Å². The van der Waals surface area contributed by atoms with Gasteiger partial charge in [-0.25, -0.2) is 0 Å². The normalized spacial score (nSPS) is 12.1. The van der Waals surface area contributed by atoms with Gasteiger partial charge in [0.05, 0.1) is 12.0 Å². The van der Waals surface area contributed by atoms with Crippen LogP contribution in [0.4, 0.5) is 0 Å². The monoisotopic (exact) mass is 174 g/mol. The molecule has 0 fully saturated rings. The van der Waals surface area contributed by atoms with Gasteiger partial charge in [0.2, 0.25) is 0 Å². The molecule has 1 unspecified atom stereocenters. The van der Waals surface area contributed by atoms with Crippen LogP contribution in [-0.4, -0.2) is 6.54 Å². The molecule has 2 nitrogen and oxygen atoms in total. The Morgan fingerprint density at radius 2 is 2.00 bits per heavy atom. The van der Waals surface area contributed by atoms with E-state index in [0.717, 1.165) is 12.0 Å². The van der Waals surface area contributed by atoms with Gasteiger partial charge in [-0.05, 0) is 25.5 Å². The molecule has 0 aliphatic heterocycles. The first-order valence-corrected chi connectivity index (χ1v) is 4.44. The summed E-state index contributed by atoms with van der Waals surface area (Å²) in [6.07, 6.45) is 0.736. The molecule has 1 aromatic carbocycles. The first-order valence-electron chi connectivity index (χ1n) is 4.44. The van der Waals surface area contributed by atoms with Crippen LogP contribution >= 0.6 is 0 Å².